The molecule has 18 heavy (non-hydrogen) atoms. The van der Waals surface area contributed by atoms with E-state index in [1.54, 1.807) is 6.26 Å². The average Bonchev–Trinajstić information content (AvgIpc) is 2.84. The molecule has 1 fully saturated rings. The molecule has 0 amide bonds. The predicted octanol–water partition coefficient (Wildman–Crippen LogP) is 3.49. The molecule has 1 aliphatic rings. The predicted molar refractivity (Wildman–Crippen MR) is 81.5 cm³/mol. The molecule has 0 spiro atoms. The molecular weight excluding hydrogens is 242 g/mol. The molecule has 0 saturated carbocycles. The minimum Gasteiger partial charge on any atom is -0.316 e. The third-order valence-corrected chi connectivity index (χ3v) is 4.82. The van der Waals surface area contributed by atoms with Gasteiger partial charge in [0.25, 0.3) is 0 Å². The quantitative estimate of drug-likeness (QED) is 0.584. The first-order valence-corrected chi connectivity index (χ1v) is 9.52. The van der Waals surface area contributed by atoms with Crippen LogP contribution >= 0.6 is 0 Å². The number of nitrogens with one attached hydrogen (secondary N) is 1. The topological polar surface area (TPSA) is 29.1 Å². The van der Waals surface area contributed by atoms with Crippen molar-refractivity contribution >= 4 is 10.8 Å². The van der Waals surface area contributed by atoms with Gasteiger partial charge in [0.05, 0.1) is 0 Å². The normalized spacial score (nSPS) is 21.3. The van der Waals surface area contributed by atoms with Crippen molar-refractivity contribution in [2.45, 2.75) is 64.2 Å². The standard InChI is InChI=1S/C15H31NOS/c1-18(17)13-9-7-5-3-2-4-6-8-10-15-11-12-16-14-15/h15-16H,2-14H2,1H3. The van der Waals surface area contributed by atoms with Crippen LogP contribution in [0.3, 0.4) is 0 Å². The molecule has 2 nitrogen and oxygen atoms in total. The van der Waals surface area contributed by atoms with Crippen LogP contribution in [0.5, 0.6) is 0 Å². The van der Waals surface area contributed by atoms with Gasteiger partial charge in [0.15, 0.2) is 0 Å². The molecular formula is C15H31NOS. The maximum absolute atomic E-state index is 10.9. The van der Waals surface area contributed by atoms with Gasteiger partial charge in [-0.05, 0) is 38.3 Å². The number of rotatable bonds is 11. The van der Waals surface area contributed by atoms with E-state index in [0.29, 0.717) is 0 Å². The molecule has 1 aliphatic heterocycles. The Morgan fingerprint density at radius 1 is 1.00 bits per heavy atom. The van der Waals surface area contributed by atoms with Crippen LogP contribution in [-0.2, 0) is 10.8 Å². The fourth-order valence-corrected chi connectivity index (χ4v) is 3.37. The van der Waals surface area contributed by atoms with E-state index in [4.69, 9.17) is 0 Å². The molecule has 0 aromatic heterocycles. The molecule has 1 N–H and O–H groups in total. The fraction of sp³-hybridized carbons (Fsp3) is 1.00. The average molecular weight is 273 g/mol. The van der Waals surface area contributed by atoms with Crippen LogP contribution in [0.2, 0.25) is 0 Å². The zero-order valence-corrected chi connectivity index (χ0v) is 12.9. The molecule has 1 saturated heterocycles. The number of hydrogen-bond donors (Lipinski definition) is 1. The zero-order chi connectivity index (χ0) is 13.1. The van der Waals surface area contributed by atoms with Crippen LogP contribution < -0.4 is 5.32 Å². The summed E-state index contributed by atoms with van der Waals surface area (Å²) in [6.07, 6.45) is 15.5. The van der Waals surface area contributed by atoms with Crippen LogP contribution in [0.25, 0.3) is 0 Å². The highest BCUT2D eigenvalue weighted by Gasteiger charge is 2.12. The molecule has 0 bridgehead atoms. The van der Waals surface area contributed by atoms with Gasteiger partial charge in [-0.3, -0.25) is 4.21 Å². The van der Waals surface area contributed by atoms with Crippen molar-refractivity contribution in [3.63, 3.8) is 0 Å². The van der Waals surface area contributed by atoms with Gasteiger partial charge in [0, 0.05) is 22.8 Å². The summed E-state index contributed by atoms with van der Waals surface area (Å²) in [6, 6.07) is 0. The molecule has 0 radical (unpaired) electrons. The lowest BCUT2D eigenvalue weighted by Gasteiger charge is -2.07. The lowest BCUT2D eigenvalue weighted by atomic mass is 9.99. The summed E-state index contributed by atoms with van der Waals surface area (Å²) >= 11 is 0. The van der Waals surface area contributed by atoms with E-state index in [1.807, 2.05) is 0 Å². The Morgan fingerprint density at radius 2 is 1.61 bits per heavy atom. The van der Waals surface area contributed by atoms with Crippen molar-refractivity contribution in [1.82, 2.24) is 5.32 Å². The summed E-state index contributed by atoms with van der Waals surface area (Å²) in [4.78, 5) is 0. The summed E-state index contributed by atoms with van der Waals surface area (Å²) in [6.45, 7) is 2.51. The largest absolute Gasteiger partial charge is 0.316 e. The first kappa shape index (κ1) is 16.2. The van der Waals surface area contributed by atoms with E-state index in [9.17, 15) is 4.21 Å². The molecule has 0 aromatic rings. The van der Waals surface area contributed by atoms with Crippen molar-refractivity contribution in [1.29, 1.82) is 0 Å². The van der Waals surface area contributed by atoms with Crippen LogP contribution in [-0.4, -0.2) is 29.3 Å². The molecule has 1 heterocycles. The molecule has 0 aromatic carbocycles. The fourth-order valence-electron chi connectivity index (χ4n) is 2.76. The Labute approximate surface area is 116 Å². The summed E-state index contributed by atoms with van der Waals surface area (Å²) in [5.74, 6) is 1.87. The van der Waals surface area contributed by atoms with Gasteiger partial charge in [-0.1, -0.05) is 44.9 Å². The van der Waals surface area contributed by atoms with Crippen molar-refractivity contribution in [3.05, 3.63) is 0 Å². The van der Waals surface area contributed by atoms with E-state index in [0.717, 1.165) is 18.1 Å². The molecule has 2 atom stereocenters. The summed E-state index contributed by atoms with van der Waals surface area (Å²) < 4.78 is 10.9. The van der Waals surface area contributed by atoms with Gasteiger partial charge in [-0.25, -0.2) is 0 Å². The summed E-state index contributed by atoms with van der Waals surface area (Å²) in [7, 11) is -0.584. The highest BCUT2D eigenvalue weighted by Crippen LogP contribution is 2.17. The maximum Gasteiger partial charge on any atom is 0.0232 e. The van der Waals surface area contributed by atoms with Crippen molar-refractivity contribution < 1.29 is 4.21 Å². The van der Waals surface area contributed by atoms with E-state index >= 15 is 0 Å². The highest BCUT2D eigenvalue weighted by molar-refractivity contribution is 7.84. The summed E-state index contributed by atoms with van der Waals surface area (Å²) in [5, 5.41) is 3.44. The molecule has 1 rings (SSSR count). The first-order valence-electron chi connectivity index (χ1n) is 7.80. The van der Waals surface area contributed by atoms with Crippen molar-refractivity contribution in [2.24, 2.45) is 5.92 Å². The number of hydrogen-bond acceptors (Lipinski definition) is 2. The van der Waals surface area contributed by atoms with E-state index in [2.05, 4.69) is 5.32 Å². The van der Waals surface area contributed by atoms with E-state index in [-0.39, 0.29) is 0 Å². The monoisotopic (exact) mass is 273 g/mol. The van der Waals surface area contributed by atoms with Crippen LogP contribution in [0.15, 0.2) is 0 Å². The summed E-state index contributed by atoms with van der Waals surface area (Å²) in [5.41, 5.74) is 0. The van der Waals surface area contributed by atoms with E-state index < -0.39 is 10.8 Å². The molecule has 0 aliphatic carbocycles. The Bertz CT molecular complexity index is 215. The Balaban J connectivity index is 1.72. The van der Waals surface area contributed by atoms with E-state index in [1.165, 1.54) is 70.9 Å². The molecule has 108 valence electrons. The lowest BCUT2D eigenvalue weighted by Crippen LogP contribution is -2.08. The van der Waals surface area contributed by atoms with Gasteiger partial charge in [-0.15, -0.1) is 0 Å². The SMILES string of the molecule is CS(=O)CCCCCCCCCCC1CCNC1. The maximum atomic E-state index is 10.9. The second-order valence-electron chi connectivity index (χ2n) is 5.75. The Morgan fingerprint density at radius 3 is 2.17 bits per heavy atom. The van der Waals surface area contributed by atoms with Crippen molar-refractivity contribution in [3.8, 4) is 0 Å². The lowest BCUT2D eigenvalue weighted by molar-refractivity contribution is 0.480. The second kappa shape index (κ2) is 11.0. The van der Waals surface area contributed by atoms with Crippen LogP contribution in [0.1, 0.15) is 64.2 Å². The van der Waals surface area contributed by atoms with Gasteiger partial charge >= 0.3 is 0 Å². The Kier molecular flexibility index (Phi) is 9.86. The smallest absolute Gasteiger partial charge is 0.0232 e. The van der Waals surface area contributed by atoms with Gasteiger partial charge in [0.1, 0.15) is 0 Å². The minimum atomic E-state index is -0.584. The molecule has 2 unspecified atom stereocenters. The van der Waals surface area contributed by atoms with Crippen LogP contribution in [0.4, 0.5) is 0 Å². The highest BCUT2D eigenvalue weighted by atomic mass is 32.2. The third kappa shape index (κ3) is 9.09. The first-order chi connectivity index (χ1) is 8.79. The van der Waals surface area contributed by atoms with Gasteiger partial charge in [0.2, 0.25) is 0 Å². The van der Waals surface area contributed by atoms with Gasteiger partial charge in [-0.2, -0.15) is 0 Å². The Hall–Kier alpha value is 0.110. The second-order valence-corrected chi connectivity index (χ2v) is 7.31. The van der Waals surface area contributed by atoms with Crippen LogP contribution in [0, 0.1) is 5.92 Å². The third-order valence-electron chi connectivity index (χ3n) is 3.96. The zero-order valence-electron chi connectivity index (χ0n) is 12.1. The minimum absolute atomic E-state index is 0.584. The number of unbranched alkanes of at least 4 members (excludes halogenated alkanes) is 7. The van der Waals surface area contributed by atoms with Gasteiger partial charge < -0.3 is 5.32 Å². The molecule has 3 heteroatoms. The van der Waals surface area contributed by atoms with Crippen molar-refractivity contribution in [2.75, 3.05) is 25.1 Å².